The minimum absolute atomic E-state index is 0.230. The second-order valence-corrected chi connectivity index (χ2v) is 7.42. The van der Waals surface area contributed by atoms with Crippen LogP contribution in [0.1, 0.15) is 96.3 Å². The molecule has 0 aromatic carbocycles. The second-order valence-electron chi connectivity index (χ2n) is 7.42. The molecule has 0 saturated carbocycles. The molecule has 0 aromatic heterocycles. The zero-order chi connectivity index (χ0) is 16.7. The van der Waals surface area contributed by atoms with Crippen LogP contribution >= 0.6 is 0 Å². The Morgan fingerprint density at radius 2 is 1.12 bits per heavy atom. The summed E-state index contributed by atoms with van der Waals surface area (Å²) in [5.74, 6) is 0. The maximum absolute atomic E-state index is 6.29. The SMILES string of the molecule is C1CCCCCC([C]2CCCCOCCCCCO2)OCCCC1. The van der Waals surface area contributed by atoms with Gasteiger partial charge in [-0.3, -0.25) is 0 Å². The van der Waals surface area contributed by atoms with E-state index in [1.165, 1.54) is 70.3 Å². The molecule has 3 nitrogen and oxygen atoms in total. The molecule has 1 unspecified atom stereocenters. The predicted molar refractivity (Wildman–Crippen MR) is 99.0 cm³/mol. The summed E-state index contributed by atoms with van der Waals surface area (Å²) in [6.07, 6.45) is 20.2. The molecule has 3 heteroatoms. The first kappa shape index (κ1) is 20.2. The van der Waals surface area contributed by atoms with Crippen LogP contribution in [0.3, 0.4) is 0 Å². The summed E-state index contributed by atoms with van der Waals surface area (Å²) in [6, 6.07) is 0. The normalized spacial score (nSPS) is 28.8. The molecule has 2 saturated heterocycles. The summed E-state index contributed by atoms with van der Waals surface area (Å²) >= 11 is 0. The quantitative estimate of drug-likeness (QED) is 0.603. The molecule has 2 aliphatic rings. The largest absolute Gasteiger partial charge is 0.381 e. The summed E-state index contributed by atoms with van der Waals surface area (Å²) in [4.78, 5) is 0. The van der Waals surface area contributed by atoms with Gasteiger partial charge >= 0.3 is 0 Å². The van der Waals surface area contributed by atoms with E-state index in [1.807, 2.05) is 0 Å². The first-order valence-corrected chi connectivity index (χ1v) is 10.6. The minimum atomic E-state index is 0.230. The van der Waals surface area contributed by atoms with E-state index in [0.717, 1.165) is 58.5 Å². The third-order valence-corrected chi connectivity index (χ3v) is 5.22. The molecule has 2 heterocycles. The van der Waals surface area contributed by atoms with Gasteiger partial charge in [0.1, 0.15) is 6.10 Å². The lowest BCUT2D eigenvalue weighted by Gasteiger charge is -2.27. The van der Waals surface area contributed by atoms with Crippen molar-refractivity contribution in [1.29, 1.82) is 0 Å². The standard InChI is InChI=1S/C21H39O3/c1-2-4-6-11-18-23-20(14-8-5-3-1)21-15-9-13-17-22-16-10-7-12-19-24-21/h20H,1-19H2. The first-order chi connectivity index (χ1) is 12.0. The van der Waals surface area contributed by atoms with Gasteiger partial charge in [-0.2, -0.15) is 0 Å². The fourth-order valence-corrected chi connectivity index (χ4v) is 3.67. The topological polar surface area (TPSA) is 27.7 Å². The Labute approximate surface area is 149 Å². The Morgan fingerprint density at radius 1 is 0.542 bits per heavy atom. The summed E-state index contributed by atoms with van der Waals surface area (Å²) in [5.41, 5.74) is 0. The summed E-state index contributed by atoms with van der Waals surface area (Å²) < 4.78 is 18.2. The average molecular weight is 340 g/mol. The van der Waals surface area contributed by atoms with Crippen molar-refractivity contribution in [1.82, 2.24) is 0 Å². The molecule has 0 spiro atoms. The van der Waals surface area contributed by atoms with Crippen molar-refractivity contribution in [2.75, 3.05) is 26.4 Å². The maximum Gasteiger partial charge on any atom is 0.126 e. The molecule has 1 atom stereocenters. The van der Waals surface area contributed by atoms with Gasteiger partial charge in [-0.1, -0.05) is 44.9 Å². The van der Waals surface area contributed by atoms with Gasteiger partial charge in [-0.15, -0.1) is 0 Å². The van der Waals surface area contributed by atoms with Crippen molar-refractivity contribution in [2.24, 2.45) is 0 Å². The smallest absolute Gasteiger partial charge is 0.126 e. The van der Waals surface area contributed by atoms with E-state index in [-0.39, 0.29) is 6.10 Å². The van der Waals surface area contributed by atoms with Gasteiger partial charge in [0, 0.05) is 26.4 Å². The molecule has 2 aliphatic heterocycles. The Hall–Kier alpha value is -0.120. The van der Waals surface area contributed by atoms with Crippen LogP contribution in [-0.2, 0) is 14.2 Å². The van der Waals surface area contributed by atoms with E-state index in [9.17, 15) is 0 Å². The monoisotopic (exact) mass is 339 g/mol. The van der Waals surface area contributed by atoms with Gasteiger partial charge < -0.3 is 14.2 Å². The zero-order valence-electron chi connectivity index (χ0n) is 15.7. The van der Waals surface area contributed by atoms with Crippen molar-refractivity contribution in [2.45, 2.75) is 102 Å². The average Bonchev–Trinajstić information content (AvgIpc) is 2.56. The zero-order valence-corrected chi connectivity index (χ0v) is 15.7. The highest BCUT2D eigenvalue weighted by molar-refractivity contribution is 4.89. The number of hydrogen-bond acceptors (Lipinski definition) is 3. The van der Waals surface area contributed by atoms with Gasteiger partial charge in [-0.25, -0.2) is 0 Å². The fourth-order valence-electron chi connectivity index (χ4n) is 3.67. The van der Waals surface area contributed by atoms with Gasteiger partial charge in [0.2, 0.25) is 0 Å². The third kappa shape index (κ3) is 9.39. The molecule has 0 aromatic rings. The van der Waals surface area contributed by atoms with Crippen LogP contribution in [0.4, 0.5) is 0 Å². The van der Waals surface area contributed by atoms with Crippen molar-refractivity contribution in [3.63, 3.8) is 0 Å². The summed E-state index contributed by atoms with van der Waals surface area (Å²) in [7, 11) is 0. The highest BCUT2D eigenvalue weighted by atomic mass is 16.5. The van der Waals surface area contributed by atoms with Gasteiger partial charge in [0.15, 0.2) is 0 Å². The van der Waals surface area contributed by atoms with E-state index in [4.69, 9.17) is 14.2 Å². The fraction of sp³-hybridized carbons (Fsp3) is 0.952. The Balaban J connectivity index is 1.82. The molecular weight excluding hydrogens is 300 g/mol. The van der Waals surface area contributed by atoms with Crippen LogP contribution in [0.2, 0.25) is 0 Å². The molecule has 0 aliphatic carbocycles. The van der Waals surface area contributed by atoms with Crippen LogP contribution in [0.5, 0.6) is 0 Å². The maximum atomic E-state index is 6.29. The molecule has 2 rings (SSSR count). The lowest BCUT2D eigenvalue weighted by atomic mass is 9.99. The van der Waals surface area contributed by atoms with E-state index >= 15 is 0 Å². The van der Waals surface area contributed by atoms with E-state index in [0.29, 0.717) is 0 Å². The highest BCUT2D eigenvalue weighted by Crippen LogP contribution is 2.26. The molecule has 141 valence electrons. The van der Waals surface area contributed by atoms with Gasteiger partial charge in [-0.05, 0) is 51.4 Å². The van der Waals surface area contributed by atoms with Crippen LogP contribution < -0.4 is 0 Å². The van der Waals surface area contributed by atoms with E-state index in [1.54, 1.807) is 0 Å². The molecule has 2 fully saturated rings. The molecule has 1 radical (unpaired) electrons. The first-order valence-electron chi connectivity index (χ1n) is 10.6. The Morgan fingerprint density at radius 3 is 1.96 bits per heavy atom. The number of rotatable bonds is 1. The van der Waals surface area contributed by atoms with Crippen molar-refractivity contribution in [3.05, 3.63) is 6.10 Å². The lowest BCUT2D eigenvalue weighted by Crippen LogP contribution is -2.26. The highest BCUT2D eigenvalue weighted by Gasteiger charge is 2.24. The van der Waals surface area contributed by atoms with Crippen LogP contribution in [0.15, 0.2) is 0 Å². The van der Waals surface area contributed by atoms with Crippen molar-refractivity contribution in [3.8, 4) is 0 Å². The second kappa shape index (κ2) is 14.1. The number of hydrogen-bond donors (Lipinski definition) is 0. The lowest BCUT2D eigenvalue weighted by molar-refractivity contribution is -0.0252. The molecule has 0 amide bonds. The number of ether oxygens (including phenoxy) is 3. The van der Waals surface area contributed by atoms with Gasteiger partial charge in [0.05, 0.1) is 6.10 Å². The molecular formula is C21H39O3. The van der Waals surface area contributed by atoms with Crippen LogP contribution in [0.25, 0.3) is 0 Å². The van der Waals surface area contributed by atoms with Gasteiger partial charge in [0.25, 0.3) is 0 Å². The summed E-state index contributed by atoms with van der Waals surface area (Å²) in [5, 5.41) is 0. The van der Waals surface area contributed by atoms with Crippen molar-refractivity contribution >= 4 is 0 Å². The molecule has 0 N–H and O–H groups in total. The van der Waals surface area contributed by atoms with Crippen molar-refractivity contribution < 1.29 is 14.2 Å². The minimum Gasteiger partial charge on any atom is -0.381 e. The third-order valence-electron chi connectivity index (χ3n) is 5.22. The Bertz CT molecular complexity index is 230. The molecule has 24 heavy (non-hydrogen) atoms. The Kier molecular flexibility index (Phi) is 11.9. The molecule has 0 bridgehead atoms. The van der Waals surface area contributed by atoms with Crippen LogP contribution in [0, 0.1) is 6.10 Å². The van der Waals surface area contributed by atoms with E-state index in [2.05, 4.69) is 0 Å². The van der Waals surface area contributed by atoms with Crippen LogP contribution in [-0.4, -0.2) is 32.5 Å². The summed E-state index contributed by atoms with van der Waals surface area (Å²) in [6.45, 7) is 3.58. The van der Waals surface area contributed by atoms with E-state index < -0.39 is 0 Å². The predicted octanol–water partition coefficient (Wildman–Crippen LogP) is 5.82.